The Hall–Kier alpha value is -0.610. The van der Waals surface area contributed by atoms with Crippen molar-refractivity contribution < 1.29 is 0 Å². The van der Waals surface area contributed by atoms with Gasteiger partial charge < -0.3 is 10.6 Å². The Kier molecular flexibility index (Phi) is 7.39. The molecule has 19 heavy (non-hydrogen) atoms. The lowest BCUT2D eigenvalue weighted by Crippen LogP contribution is -2.31. The summed E-state index contributed by atoms with van der Waals surface area (Å²) in [4.78, 5) is 4.92. The maximum Gasteiger partial charge on any atom is 0.0233 e. The number of hydrogen-bond donors (Lipinski definition) is 1. The van der Waals surface area contributed by atoms with Crippen LogP contribution in [0.25, 0.3) is 0 Å². The Labute approximate surface area is 123 Å². The molecule has 1 heterocycles. The molecule has 1 aliphatic heterocycles. The molecule has 1 aliphatic rings. The molecule has 0 saturated carbocycles. The van der Waals surface area contributed by atoms with Crippen molar-refractivity contribution in [1.29, 1.82) is 0 Å². The average Bonchev–Trinajstić information content (AvgIpc) is 2.78. The Bertz CT molecular complexity index is 345. The van der Waals surface area contributed by atoms with Crippen molar-refractivity contribution in [2.45, 2.75) is 13.0 Å². The van der Waals surface area contributed by atoms with Crippen LogP contribution in [0.1, 0.15) is 12.0 Å². The number of nitrogens with two attached hydrogens (primary N) is 1. The third kappa shape index (κ3) is 5.49. The summed E-state index contributed by atoms with van der Waals surface area (Å²) in [6.45, 7) is 6.51. The molecule has 3 nitrogen and oxygen atoms in total. The van der Waals surface area contributed by atoms with E-state index in [1.54, 1.807) is 0 Å². The van der Waals surface area contributed by atoms with E-state index < -0.39 is 0 Å². The zero-order valence-electron chi connectivity index (χ0n) is 11.8. The van der Waals surface area contributed by atoms with Crippen molar-refractivity contribution in [3.8, 4) is 0 Å². The maximum atomic E-state index is 5.58. The van der Waals surface area contributed by atoms with Crippen LogP contribution in [0.2, 0.25) is 0 Å². The number of benzene rings is 1. The van der Waals surface area contributed by atoms with Crippen LogP contribution in [-0.2, 0) is 6.54 Å². The Morgan fingerprint density at radius 3 is 2.74 bits per heavy atom. The van der Waals surface area contributed by atoms with Crippen molar-refractivity contribution in [1.82, 2.24) is 9.80 Å². The van der Waals surface area contributed by atoms with Gasteiger partial charge in [-0.2, -0.15) is 0 Å². The van der Waals surface area contributed by atoms with Gasteiger partial charge in [-0.05, 0) is 31.5 Å². The number of rotatable bonds is 6. The molecule has 1 atom stereocenters. The molecule has 2 N–H and O–H groups in total. The van der Waals surface area contributed by atoms with Gasteiger partial charge in [-0.1, -0.05) is 30.3 Å². The minimum atomic E-state index is 0. The molecule has 1 fully saturated rings. The minimum absolute atomic E-state index is 0. The summed E-state index contributed by atoms with van der Waals surface area (Å²) >= 11 is 0. The topological polar surface area (TPSA) is 32.5 Å². The van der Waals surface area contributed by atoms with Gasteiger partial charge in [-0.15, -0.1) is 12.4 Å². The van der Waals surface area contributed by atoms with Gasteiger partial charge in [0.25, 0.3) is 0 Å². The first-order valence-electron chi connectivity index (χ1n) is 6.93. The fraction of sp³-hybridized carbons (Fsp3) is 0.600. The Balaban J connectivity index is 0.00000180. The SMILES string of the molecule is CN(CCN)CC1CCN(Cc2ccccc2)C1.Cl. The smallest absolute Gasteiger partial charge is 0.0233 e. The number of nitrogens with zero attached hydrogens (tertiary/aromatic N) is 2. The van der Waals surface area contributed by atoms with Gasteiger partial charge in [-0.25, -0.2) is 0 Å². The monoisotopic (exact) mass is 283 g/mol. The molecule has 2 rings (SSSR count). The van der Waals surface area contributed by atoms with Crippen LogP contribution in [0.3, 0.4) is 0 Å². The molecule has 0 aliphatic carbocycles. The zero-order chi connectivity index (χ0) is 12.8. The van der Waals surface area contributed by atoms with Crippen molar-refractivity contribution in [2.75, 3.05) is 39.8 Å². The highest BCUT2D eigenvalue weighted by Gasteiger charge is 2.23. The fourth-order valence-corrected chi connectivity index (χ4v) is 2.80. The van der Waals surface area contributed by atoms with Gasteiger partial charge >= 0.3 is 0 Å². The summed E-state index contributed by atoms with van der Waals surface area (Å²) in [7, 11) is 2.17. The van der Waals surface area contributed by atoms with Crippen LogP contribution in [0, 0.1) is 5.92 Å². The summed E-state index contributed by atoms with van der Waals surface area (Å²) in [5.41, 5.74) is 7.01. The summed E-state index contributed by atoms with van der Waals surface area (Å²) in [6.07, 6.45) is 1.32. The summed E-state index contributed by atoms with van der Waals surface area (Å²) < 4.78 is 0. The van der Waals surface area contributed by atoms with Crippen molar-refractivity contribution in [2.24, 2.45) is 11.7 Å². The molecule has 1 unspecified atom stereocenters. The first kappa shape index (κ1) is 16.4. The highest BCUT2D eigenvalue weighted by molar-refractivity contribution is 5.85. The average molecular weight is 284 g/mol. The molecule has 0 bridgehead atoms. The van der Waals surface area contributed by atoms with E-state index >= 15 is 0 Å². The van der Waals surface area contributed by atoms with E-state index in [0.29, 0.717) is 0 Å². The van der Waals surface area contributed by atoms with Crippen molar-refractivity contribution in [3.05, 3.63) is 35.9 Å². The second-order valence-corrected chi connectivity index (χ2v) is 5.43. The second kappa shape index (κ2) is 8.54. The first-order valence-corrected chi connectivity index (χ1v) is 6.93. The van der Waals surface area contributed by atoms with E-state index in [1.165, 1.54) is 31.6 Å². The second-order valence-electron chi connectivity index (χ2n) is 5.43. The lowest BCUT2D eigenvalue weighted by Gasteiger charge is -2.21. The fourth-order valence-electron chi connectivity index (χ4n) is 2.80. The standard InChI is InChI=1S/C15H25N3.ClH/c1-17(10-8-16)11-15-7-9-18(13-15)12-14-5-3-2-4-6-14;/h2-6,15H,7-13,16H2,1H3;1H. The normalized spacial score (nSPS) is 19.6. The van der Waals surface area contributed by atoms with E-state index in [9.17, 15) is 0 Å². The lowest BCUT2D eigenvalue weighted by atomic mass is 10.1. The van der Waals surface area contributed by atoms with Crippen LogP contribution in [-0.4, -0.2) is 49.6 Å². The highest BCUT2D eigenvalue weighted by Crippen LogP contribution is 2.19. The van der Waals surface area contributed by atoms with E-state index in [-0.39, 0.29) is 12.4 Å². The van der Waals surface area contributed by atoms with Crippen LogP contribution in [0.15, 0.2) is 30.3 Å². The Morgan fingerprint density at radius 1 is 1.32 bits per heavy atom. The van der Waals surface area contributed by atoms with Gasteiger partial charge in [0.15, 0.2) is 0 Å². The molecule has 0 spiro atoms. The van der Waals surface area contributed by atoms with E-state index in [4.69, 9.17) is 5.73 Å². The molecular formula is C15H26ClN3. The third-order valence-corrected chi connectivity index (χ3v) is 3.70. The molecular weight excluding hydrogens is 258 g/mol. The lowest BCUT2D eigenvalue weighted by molar-refractivity contribution is 0.264. The van der Waals surface area contributed by atoms with Gasteiger partial charge in [0.1, 0.15) is 0 Å². The van der Waals surface area contributed by atoms with E-state index in [2.05, 4.69) is 47.2 Å². The molecule has 4 heteroatoms. The van der Waals surface area contributed by atoms with Gasteiger partial charge in [0.05, 0.1) is 0 Å². The molecule has 0 radical (unpaired) electrons. The Morgan fingerprint density at radius 2 is 2.05 bits per heavy atom. The predicted octanol–water partition coefficient (Wildman–Crippen LogP) is 1.82. The quantitative estimate of drug-likeness (QED) is 0.864. The number of halogens is 1. The number of likely N-dealkylation sites (tertiary alicyclic amines) is 1. The van der Waals surface area contributed by atoms with E-state index in [0.717, 1.165) is 25.6 Å². The number of likely N-dealkylation sites (N-methyl/N-ethyl adjacent to an activating group) is 1. The first-order chi connectivity index (χ1) is 8.78. The third-order valence-electron chi connectivity index (χ3n) is 3.70. The minimum Gasteiger partial charge on any atom is -0.329 e. The van der Waals surface area contributed by atoms with Crippen LogP contribution >= 0.6 is 12.4 Å². The van der Waals surface area contributed by atoms with Gasteiger partial charge in [-0.3, -0.25) is 4.90 Å². The molecule has 1 aromatic carbocycles. The van der Waals surface area contributed by atoms with Gasteiger partial charge in [0.2, 0.25) is 0 Å². The predicted molar refractivity (Wildman–Crippen MR) is 83.6 cm³/mol. The molecule has 0 aromatic heterocycles. The van der Waals surface area contributed by atoms with Crippen LogP contribution in [0.4, 0.5) is 0 Å². The summed E-state index contributed by atoms with van der Waals surface area (Å²) in [6, 6.07) is 10.8. The van der Waals surface area contributed by atoms with Crippen molar-refractivity contribution in [3.63, 3.8) is 0 Å². The molecule has 1 saturated heterocycles. The summed E-state index contributed by atoms with van der Waals surface area (Å²) in [5, 5.41) is 0. The molecule has 1 aromatic rings. The van der Waals surface area contributed by atoms with Crippen LogP contribution in [0.5, 0.6) is 0 Å². The van der Waals surface area contributed by atoms with Gasteiger partial charge in [0, 0.05) is 32.7 Å². The maximum absolute atomic E-state index is 5.58. The van der Waals surface area contributed by atoms with E-state index in [1.807, 2.05) is 0 Å². The number of hydrogen-bond acceptors (Lipinski definition) is 3. The van der Waals surface area contributed by atoms with Crippen LogP contribution < -0.4 is 5.73 Å². The largest absolute Gasteiger partial charge is 0.329 e. The highest BCUT2D eigenvalue weighted by atomic mass is 35.5. The summed E-state index contributed by atoms with van der Waals surface area (Å²) in [5.74, 6) is 0.810. The van der Waals surface area contributed by atoms with Crippen molar-refractivity contribution >= 4 is 12.4 Å². The molecule has 0 amide bonds. The molecule has 108 valence electrons. The zero-order valence-corrected chi connectivity index (χ0v) is 12.6.